The second-order valence-electron chi connectivity index (χ2n) is 2.07. The van der Waals surface area contributed by atoms with E-state index in [1.807, 2.05) is 13.0 Å². The zero-order valence-electron chi connectivity index (χ0n) is 5.40. The Kier molecular flexibility index (Phi) is 2.91. The van der Waals surface area contributed by atoms with Crippen molar-refractivity contribution in [1.29, 1.82) is 0 Å². The van der Waals surface area contributed by atoms with E-state index in [1.165, 1.54) is 0 Å². The molecule has 56 valence electrons. The molecule has 1 heterocycles. The molecule has 1 atom stereocenters. The average molecular weight is 285 g/mol. The topological polar surface area (TPSA) is 26.0 Å². The van der Waals surface area contributed by atoms with Crippen molar-refractivity contribution in [2.75, 3.05) is 0 Å². The molecule has 0 saturated heterocycles. The van der Waals surface area contributed by atoms with Crippen molar-refractivity contribution in [2.24, 2.45) is 5.73 Å². The van der Waals surface area contributed by atoms with Gasteiger partial charge in [0, 0.05) is 6.04 Å². The third kappa shape index (κ3) is 1.81. The lowest BCUT2D eigenvalue weighted by Crippen LogP contribution is -2.03. The molecule has 0 aliphatic heterocycles. The molecule has 1 aromatic rings. The number of rotatable bonds is 1. The predicted octanol–water partition coefficient (Wildman–Crippen LogP) is 3.29. The third-order valence-corrected chi connectivity index (χ3v) is 3.56. The van der Waals surface area contributed by atoms with E-state index in [9.17, 15) is 0 Å². The van der Waals surface area contributed by atoms with Crippen LogP contribution in [0.3, 0.4) is 0 Å². The Morgan fingerprint density at radius 2 is 2.20 bits per heavy atom. The molecule has 0 unspecified atom stereocenters. The third-order valence-electron chi connectivity index (χ3n) is 1.17. The molecule has 0 amide bonds. The molecule has 4 heteroatoms. The molecule has 2 N–H and O–H groups in total. The van der Waals surface area contributed by atoms with Gasteiger partial charge in [-0.3, -0.25) is 0 Å². The maximum Gasteiger partial charge on any atom is 0.0758 e. The van der Waals surface area contributed by atoms with Gasteiger partial charge >= 0.3 is 0 Å². The van der Waals surface area contributed by atoms with Crippen LogP contribution in [-0.4, -0.2) is 0 Å². The largest absolute Gasteiger partial charge is 0.324 e. The molecule has 0 bridgehead atoms. The molecule has 1 nitrogen and oxygen atoms in total. The number of thiophene rings is 1. The fourth-order valence-corrected chi connectivity index (χ4v) is 3.77. The van der Waals surface area contributed by atoms with Crippen LogP contribution >= 0.6 is 43.2 Å². The summed E-state index contributed by atoms with van der Waals surface area (Å²) < 4.78 is 2.24. The standard InChI is InChI=1S/C6H7Br2NS/c1-3(9)4-2-5(7)10-6(4)8/h2-3H,9H2,1H3/t3-/m1/s1. The highest BCUT2D eigenvalue weighted by Gasteiger charge is 2.07. The summed E-state index contributed by atoms with van der Waals surface area (Å²) in [6.07, 6.45) is 0. The van der Waals surface area contributed by atoms with Crippen molar-refractivity contribution in [3.05, 3.63) is 19.2 Å². The van der Waals surface area contributed by atoms with Gasteiger partial charge in [0.1, 0.15) is 0 Å². The van der Waals surface area contributed by atoms with Crippen molar-refractivity contribution < 1.29 is 0 Å². The summed E-state index contributed by atoms with van der Waals surface area (Å²) in [5.41, 5.74) is 6.85. The molecular formula is C6H7Br2NS. The Hall–Kier alpha value is 0.620. The highest BCUT2D eigenvalue weighted by Crippen LogP contribution is 2.34. The van der Waals surface area contributed by atoms with Gasteiger partial charge in [-0.25, -0.2) is 0 Å². The molecular weight excluding hydrogens is 278 g/mol. The molecule has 1 aromatic heterocycles. The summed E-state index contributed by atoms with van der Waals surface area (Å²) in [5.74, 6) is 0. The summed E-state index contributed by atoms with van der Waals surface area (Å²) in [6.45, 7) is 1.97. The van der Waals surface area contributed by atoms with Crippen LogP contribution in [0, 0.1) is 0 Å². The highest BCUT2D eigenvalue weighted by molar-refractivity contribution is 9.12. The van der Waals surface area contributed by atoms with E-state index in [1.54, 1.807) is 11.3 Å². The van der Waals surface area contributed by atoms with Gasteiger partial charge in [0.2, 0.25) is 0 Å². The van der Waals surface area contributed by atoms with Crippen molar-refractivity contribution in [3.8, 4) is 0 Å². The van der Waals surface area contributed by atoms with E-state index < -0.39 is 0 Å². The number of hydrogen-bond acceptors (Lipinski definition) is 2. The zero-order valence-corrected chi connectivity index (χ0v) is 9.38. The van der Waals surface area contributed by atoms with Crippen LogP contribution in [0.25, 0.3) is 0 Å². The lowest BCUT2D eigenvalue weighted by atomic mass is 10.2. The van der Waals surface area contributed by atoms with E-state index in [0.717, 1.165) is 13.1 Å². The number of hydrogen-bond donors (Lipinski definition) is 1. The SMILES string of the molecule is C[C@@H](N)c1cc(Br)sc1Br. The minimum Gasteiger partial charge on any atom is -0.324 e. The maximum atomic E-state index is 5.68. The highest BCUT2D eigenvalue weighted by atomic mass is 79.9. The molecule has 0 aliphatic rings. The zero-order chi connectivity index (χ0) is 7.72. The maximum absolute atomic E-state index is 5.68. The van der Waals surface area contributed by atoms with Crippen molar-refractivity contribution in [2.45, 2.75) is 13.0 Å². The number of nitrogens with two attached hydrogens (primary N) is 1. The molecule has 0 saturated carbocycles. The summed E-state index contributed by atoms with van der Waals surface area (Å²) in [7, 11) is 0. The van der Waals surface area contributed by atoms with Crippen molar-refractivity contribution in [3.63, 3.8) is 0 Å². The van der Waals surface area contributed by atoms with E-state index in [-0.39, 0.29) is 6.04 Å². The fraction of sp³-hybridized carbons (Fsp3) is 0.333. The molecule has 1 rings (SSSR count). The normalized spacial score (nSPS) is 13.6. The van der Waals surface area contributed by atoms with Crippen molar-refractivity contribution in [1.82, 2.24) is 0 Å². The first-order chi connectivity index (χ1) is 4.61. The van der Waals surface area contributed by atoms with Crippen LogP contribution < -0.4 is 5.73 Å². The molecule has 10 heavy (non-hydrogen) atoms. The van der Waals surface area contributed by atoms with Crippen molar-refractivity contribution >= 4 is 43.2 Å². The monoisotopic (exact) mass is 283 g/mol. The first kappa shape index (κ1) is 8.71. The lowest BCUT2D eigenvalue weighted by Gasteiger charge is -2.00. The van der Waals surface area contributed by atoms with E-state index in [4.69, 9.17) is 5.73 Å². The summed E-state index contributed by atoms with van der Waals surface area (Å²) >= 11 is 8.46. The fourth-order valence-electron chi connectivity index (χ4n) is 0.663. The van der Waals surface area contributed by atoms with Crippen LogP contribution in [0.2, 0.25) is 0 Å². The van der Waals surface area contributed by atoms with Crippen LogP contribution in [0.15, 0.2) is 13.6 Å². The van der Waals surface area contributed by atoms with Gasteiger partial charge in [-0.1, -0.05) is 0 Å². The predicted molar refractivity (Wildman–Crippen MR) is 52.3 cm³/mol. The van der Waals surface area contributed by atoms with Gasteiger partial charge in [0.15, 0.2) is 0 Å². The van der Waals surface area contributed by atoms with E-state index >= 15 is 0 Å². The van der Waals surface area contributed by atoms with Crippen LogP contribution in [-0.2, 0) is 0 Å². The molecule has 0 radical (unpaired) electrons. The Bertz CT molecular complexity index is 232. The van der Waals surface area contributed by atoms with Crippen LogP contribution in [0.5, 0.6) is 0 Å². The van der Waals surface area contributed by atoms with Gasteiger partial charge in [0.25, 0.3) is 0 Å². The Morgan fingerprint density at radius 1 is 1.60 bits per heavy atom. The van der Waals surface area contributed by atoms with Gasteiger partial charge in [-0.15, -0.1) is 11.3 Å². The van der Waals surface area contributed by atoms with Crippen LogP contribution in [0.4, 0.5) is 0 Å². The second kappa shape index (κ2) is 3.34. The van der Waals surface area contributed by atoms with E-state index in [0.29, 0.717) is 0 Å². The van der Waals surface area contributed by atoms with Gasteiger partial charge in [-0.05, 0) is 50.4 Å². The Labute approximate surface area is 80.9 Å². The lowest BCUT2D eigenvalue weighted by molar-refractivity contribution is 0.819. The second-order valence-corrected chi connectivity index (χ2v) is 5.82. The summed E-state index contributed by atoms with van der Waals surface area (Å²) in [4.78, 5) is 0. The summed E-state index contributed by atoms with van der Waals surface area (Å²) in [6, 6.07) is 2.15. The summed E-state index contributed by atoms with van der Waals surface area (Å²) in [5, 5.41) is 0. The minimum atomic E-state index is 0.108. The smallest absolute Gasteiger partial charge is 0.0758 e. The number of halogens is 2. The van der Waals surface area contributed by atoms with Gasteiger partial charge in [0.05, 0.1) is 7.57 Å². The molecule has 0 aromatic carbocycles. The molecule has 0 spiro atoms. The van der Waals surface area contributed by atoms with E-state index in [2.05, 4.69) is 31.9 Å². The Balaban J connectivity index is 3.03. The van der Waals surface area contributed by atoms with Gasteiger partial charge < -0.3 is 5.73 Å². The molecule has 0 aliphatic carbocycles. The van der Waals surface area contributed by atoms with Gasteiger partial charge in [-0.2, -0.15) is 0 Å². The quantitative estimate of drug-likeness (QED) is 0.841. The minimum absolute atomic E-state index is 0.108. The first-order valence-corrected chi connectivity index (χ1v) is 5.22. The molecule has 0 fully saturated rings. The first-order valence-electron chi connectivity index (χ1n) is 2.81. The van der Waals surface area contributed by atoms with Crippen LogP contribution in [0.1, 0.15) is 18.5 Å². The average Bonchev–Trinajstić information content (AvgIpc) is 2.10. The Morgan fingerprint density at radius 3 is 2.40 bits per heavy atom.